The zero-order valence-electron chi connectivity index (χ0n) is 13.3. The van der Waals surface area contributed by atoms with Crippen molar-refractivity contribution < 1.29 is 22.2 Å². The van der Waals surface area contributed by atoms with Gasteiger partial charge in [0.05, 0.1) is 19.4 Å². The fraction of sp³-hybridized carbons (Fsp3) is 0.312. The summed E-state index contributed by atoms with van der Waals surface area (Å²) in [5.41, 5.74) is 0.916. The lowest BCUT2D eigenvalue weighted by molar-refractivity contribution is -0.121. The molecule has 1 N–H and O–H groups in total. The summed E-state index contributed by atoms with van der Waals surface area (Å²) in [5, 5.41) is 2.60. The molecule has 0 bridgehead atoms. The molecule has 0 fully saturated rings. The molecule has 1 unspecified atom stereocenters. The number of nitrogens with zero attached hydrogens (tertiary/aromatic N) is 1. The number of carbonyl (C=O) groups excluding carboxylic acids is 1. The van der Waals surface area contributed by atoms with Gasteiger partial charge < -0.3 is 18.5 Å². The van der Waals surface area contributed by atoms with Crippen molar-refractivity contribution in [2.75, 3.05) is 20.1 Å². The number of likely N-dealkylation sites (N-methyl/N-ethyl adjacent to an activating group) is 1. The van der Waals surface area contributed by atoms with Crippen molar-refractivity contribution >= 4 is 17.3 Å². The molecule has 0 saturated carbocycles. The highest BCUT2D eigenvalue weighted by molar-refractivity contribution is 7.74. The Balaban J connectivity index is 1.98. The minimum atomic E-state index is -2.59. The van der Waals surface area contributed by atoms with Gasteiger partial charge in [-0.05, 0) is 36.2 Å². The minimum absolute atomic E-state index is 0.0830. The third-order valence-electron chi connectivity index (χ3n) is 3.39. The molecule has 8 heteroatoms. The lowest BCUT2D eigenvalue weighted by Gasteiger charge is -2.20. The van der Waals surface area contributed by atoms with E-state index in [2.05, 4.69) is 9.50 Å². The van der Waals surface area contributed by atoms with Crippen molar-refractivity contribution in [3.8, 4) is 5.75 Å². The third kappa shape index (κ3) is 6.15. The Morgan fingerprint density at radius 3 is 2.88 bits per heavy atom. The number of benzene rings is 1. The molecule has 1 aromatic carbocycles. The summed E-state index contributed by atoms with van der Waals surface area (Å²) in [7, 11) is 1.59. The Kier molecular flexibility index (Phi) is 6.98. The molecule has 1 aromatic heterocycles. The Morgan fingerprint density at radius 2 is 2.21 bits per heavy atom. The first-order valence-electron chi connectivity index (χ1n) is 7.38. The average molecular weight is 351 g/mol. The second-order valence-corrected chi connectivity index (χ2v) is 5.72. The van der Waals surface area contributed by atoms with Gasteiger partial charge in [-0.25, -0.2) is 4.21 Å². The normalized spacial score (nSPS) is 12.1. The van der Waals surface area contributed by atoms with E-state index in [-0.39, 0.29) is 18.2 Å². The quantitative estimate of drug-likeness (QED) is 0.683. The summed E-state index contributed by atoms with van der Waals surface area (Å²) < 4.78 is 31.2. The summed E-state index contributed by atoms with van der Waals surface area (Å²) in [6.45, 7) is 1.37. The molecule has 0 aliphatic rings. The molecule has 24 heavy (non-hydrogen) atoms. The summed E-state index contributed by atoms with van der Waals surface area (Å²) in [6, 6.07) is 10.5. The Morgan fingerprint density at radius 1 is 1.38 bits per heavy atom. The predicted octanol–water partition coefficient (Wildman–Crippen LogP) is 1.24. The van der Waals surface area contributed by atoms with E-state index in [4.69, 9.17) is 4.42 Å². The van der Waals surface area contributed by atoms with E-state index in [9.17, 15) is 13.6 Å². The van der Waals surface area contributed by atoms with E-state index in [1.807, 2.05) is 17.0 Å². The van der Waals surface area contributed by atoms with E-state index in [1.54, 1.807) is 37.6 Å². The molecule has 7 nitrogen and oxygen atoms in total. The highest BCUT2D eigenvalue weighted by atomic mass is 32.2. The van der Waals surface area contributed by atoms with E-state index in [0.29, 0.717) is 19.5 Å². The Bertz CT molecular complexity index is 675. The van der Waals surface area contributed by atoms with Crippen LogP contribution in [-0.2, 0) is 29.1 Å². The number of amides is 1. The molecular formula is C16H19N2O5S-. The largest absolute Gasteiger partial charge is 0.740 e. The van der Waals surface area contributed by atoms with E-state index >= 15 is 0 Å². The second kappa shape index (κ2) is 9.21. The molecule has 0 aliphatic carbocycles. The first-order chi connectivity index (χ1) is 11.6. The van der Waals surface area contributed by atoms with Crippen LogP contribution >= 0.6 is 0 Å². The predicted molar refractivity (Wildman–Crippen MR) is 87.7 cm³/mol. The summed E-state index contributed by atoms with van der Waals surface area (Å²) in [6.07, 6.45) is 2.23. The van der Waals surface area contributed by atoms with Crippen molar-refractivity contribution in [1.82, 2.24) is 10.2 Å². The monoisotopic (exact) mass is 351 g/mol. The van der Waals surface area contributed by atoms with Crippen molar-refractivity contribution in [3.63, 3.8) is 0 Å². The van der Waals surface area contributed by atoms with Crippen molar-refractivity contribution in [1.29, 1.82) is 0 Å². The molecule has 1 amide bonds. The van der Waals surface area contributed by atoms with E-state index in [1.165, 1.54) is 0 Å². The number of furan rings is 1. The number of carbonyl (C=O) groups is 1. The van der Waals surface area contributed by atoms with E-state index < -0.39 is 11.4 Å². The molecule has 1 atom stereocenters. The molecule has 0 spiro atoms. The third-order valence-corrected chi connectivity index (χ3v) is 3.71. The van der Waals surface area contributed by atoms with Crippen LogP contribution in [0, 0.1) is 0 Å². The maximum Gasteiger partial charge on any atom is 0.233 e. The molecule has 0 radical (unpaired) electrons. The number of nitrogens with one attached hydrogen (secondary N) is 1. The number of rotatable bonds is 9. The Hall–Kier alpha value is -2.16. The lowest BCUT2D eigenvalue weighted by Crippen LogP contribution is -2.36. The van der Waals surface area contributed by atoms with Gasteiger partial charge in [-0.15, -0.1) is 0 Å². The highest BCUT2D eigenvalue weighted by Gasteiger charge is 2.12. The smallest absolute Gasteiger partial charge is 0.233 e. The average Bonchev–Trinajstić information content (AvgIpc) is 3.05. The van der Waals surface area contributed by atoms with Crippen LogP contribution in [0.15, 0.2) is 47.1 Å². The lowest BCUT2D eigenvalue weighted by atomic mass is 10.1. The van der Waals surface area contributed by atoms with E-state index in [0.717, 1.165) is 11.3 Å². The molecule has 1 heterocycles. The second-order valence-electron chi connectivity index (χ2n) is 5.15. The van der Waals surface area contributed by atoms with Crippen molar-refractivity contribution in [2.24, 2.45) is 0 Å². The van der Waals surface area contributed by atoms with Crippen molar-refractivity contribution in [3.05, 3.63) is 54.0 Å². The zero-order valence-corrected chi connectivity index (χ0v) is 14.1. The number of hydrogen-bond acceptors (Lipinski definition) is 6. The minimum Gasteiger partial charge on any atom is -0.740 e. The molecule has 2 aromatic rings. The van der Waals surface area contributed by atoms with Crippen LogP contribution in [0.4, 0.5) is 0 Å². The summed E-state index contributed by atoms with van der Waals surface area (Å²) in [5.74, 6) is 0.961. The van der Waals surface area contributed by atoms with Crippen LogP contribution in [0.5, 0.6) is 5.75 Å². The van der Waals surface area contributed by atoms with Gasteiger partial charge in [0.2, 0.25) is 5.91 Å². The SMILES string of the molecule is CNC(=O)CN(CCc1cccc(OS(=O)[O-])c1)Cc1ccco1. The van der Waals surface area contributed by atoms with Crippen LogP contribution in [-0.4, -0.2) is 39.7 Å². The maximum absolute atomic E-state index is 11.7. The fourth-order valence-corrected chi connectivity index (χ4v) is 2.50. The molecule has 0 saturated heterocycles. The van der Waals surface area contributed by atoms with Crippen LogP contribution < -0.4 is 9.50 Å². The molecule has 0 aliphatic heterocycles. The van der Waals surface area contributed by atoms with Gasteiger partial charge in [0, 0.05) is 13.6 Å². The van der Waals surface area contributed by atoms with Gasteiger partial charge in [0.25, 0.3) is 0 Å². The van der Waals surface area contributed by atoms with Crippen LogP contribution in [0.1, 0.15) is 11.3 Å². The highest BCUT2D eigenvalue weighted by Crippen LogP contribution is 2.15. The first-order valence-corrected chi connectivity index (χ1v) is 8.38. The van der Waals surface area contributed by atoms with Gasteiger partial charge >= 0.3 is 0 Å². The van der Waals surface area contributed by atoms with Gasteiger partial charge in [-0.1, -0.05) is 12.1 Å². The topological polar surface area (TPSA) is 94.8 Å². The standard InChI is InChI=1S/C16H20N2O5S/c1-17-16(19)12-18(11-15-6-3-9-22-15)8-7-13-4-2-5-14(10-13)23-24(20)21/h2-6,9-10H,7-8,11-12H2,1H3,(H,17,19)(H,20,21)/p-1. The van der Waals surface area contributed by atoms with Gasteiger partial charge in [-0.3, -0.25) is 9.69 Å². The van der Waals surface area contributed by atoms with Gasteiger partial charge in [0.1, 0.15) is 22.9 Å². The van der Waals surface area contributed by atoms with Crippen molar-refractivity contribution in [2.45, 2.75) is 13.0 Å². The number of hydrogen-bond donors (Lipinski definition) is 1. The summed E-state index contributed by atoms with van der Waals surface area (Å²) >= 11 is -2.59. The van der Waals surface area contributed by atoms with Gasteiger partial charge in [0.15, 0.2) is 0 Å². The summed E-state index contributed by atoms with van der Waals surface area (Å²) in [4.78, 5) is 13.6. The maximum atomic E-state index is 11.7. The molecule has 130 valence electrons. The van der Waals surface area contributed by atoms with Crippen LogP contribution in [0.25, 0.3) is 0 Å². The zero-order chi connectivity index (χ0) is 17.4. The Labute approximate surface area is 143 Å². The molecule has 2 rings (SSSR count). The fourth-order valence-electron chi connectivity index (χ4n) is 2.24. The molecular weight excluding hydrogens is 332 g/mol. The van der Waals surface area contributed by atoms with Crippen LogP contribution in [0.3, 0.4) is 0 Å². The van der Waals surface area contributed by atoms with Gasteiger partial charge in [-0.2, -0.15) is 0 Å². The van der Waals surface area contributed by atoms with Crippen LogP contribution in [0.2, 0.25) is 0 Å². The first kappa shape index (κ1) is 18.2.